The SMILES string of the molecule is c1ccc(-c2cccc(-n3c4ccccc4c4cc(-c5ccc6c(c5)c5c(c7c8ccccc8c8cccc5n87)n6-c5ccccc5)ccc43)c2)cc1. The van der Waals surface area contributed by atoms with Gasteiger partial charge in [0.2, 0.25) is 0 Å². The predicted molar refractivity (Wildman–Crippen MR) is 223 cm³/mol. The molecule has 5 heterocycles. The number of fused-ring (bicyclic) bond motifs is 11. The quantitative estimate of drug-likeness (QED) is 0.177. The first-order chi connectivity index (χ1) is 26.3. The van der Waals surface area contributed by atoms with E-state index in [2.05, 4.69) is 202 Å². The molecule has 0 unspecified atom stereocenters. The molecule has 3 heteroatoms. The van der Waals surface area contributed by atoms with Gasteiger partial charge in [-0.25, -0.2) is 0 Å². The average molecular weight is 674 g/mol. The van der Waals surface area contributed by atoms with Crippen LogP contribution in [0.15, 0.2) is 188 Å². The van der Waals surface area contributed by atoms with Crippen molar-refractivity contribution >= 4 is 70.9 Å². The first kappa shape index (κ1) is 28.6. The Morgan fingerprint density at radius 2 is 0.792 bits per heavy atom. The van der Waals surface area contributed by atoms with Gasteiger partial charge >= 0.3 is 0 Å². The monoisotopic (exact) mass is 673 g/mol. The molecule has 12 rings (SSSR count). The summed E-state index contributed by atoms with van der Waals surface area (Å²) in [5.74, 6) is 0. The van der Waals surface area contributed by atoms with Gasteiger partial charge < -0.3 is 13.5 Å². The van der Waals surface area contributed by atoms with Gasteiger partial charge in [-0.2, -0.15) is 0 Å². The molecule has 0 radical (unpaired) electrons. The van der Waals surface area contributed by atoms with Crippen molar-refractivity contribution in [1.29, 1.82) is 0 Å². The zero-order chi connectivity index (χ0) is 34.6. The highest BCUT2D eigenvalue weighted by molar-refractivity contribution is 6.29. The van der Waals surface area contributed by atoms with Gasteiger partial charge in [0, 0.05) is 43.7 Å². The molecule has 0 aliphatic rings. The van der Waals surface area contributed by atoms with Gasteiger partial charge in [-0.15, -0.1) is 0 Å². The van der Waals surface area contributed by atoms with E-state index < -0.39 is 0 Å². The van der Waals surface area contributed by atoms with Crippen molar-refractivity contribution in [2.45, 2.75) is 0 Å². The lowest BCUT2D eigenvalue weighted by atomic mass is 10.0. The van der Waals surface area contributed by atoms with Crippen molar-refractivity contribution in [2.24, 2.45) is 0 Å². The van der Waals surface area contributed by atoms with Crippen molar-refractivity contribution in [2.75, 3.05) is 0 Å². The molecule has 246 valence electrons. The lowest BCUT2D eigenvalue weighted by molar-refractivity contribution is 1.18. The van der Waals surface area contributed by atoms with Crippen LogP contribution >= 0.6 is 0 Å². The fourth-order valence-corrected chi connectivity index (χ4v) is 9.11. The Bertz CT molecular complexity index is 3380. The number of hydrogen-bond donors (Lipinski definition) is 0. The highest BCUT2D eigenvalue weighted by atomic mass is 15.0. The van der Waals surface area contributed by atoms with Crippen molar-refractivity contribution in [1.82, 2.24) is 13.5 Å². The van der Waals surface area contributed by atoms with Crippen molar-refractivity contribution < 1.29 is 0 Å². The molecule has 0 N–H and O–H groups in total. The van der Waals surface area contributed by atoms with E-state index in [1.807, 2.05) is 0 Å². The van der Waals surface area contributed by atoms with Gasteiger partial charge in [0.25, 0.3) is 0 Å². The minimum Gasteiger partial charge on any atom is -0.309 e. The molecule has 0 fully saturated rings. The molecule has 0 amide bonds. The van der Waals surface area contributed by atoms with Crippen molar-refractivity contribution in [3.05, 3.63) is 188 Å². The van der Waals surface area contributed by atoms with E-state index >= 15 is 0 Å². The van der Waals surface area contributed by atoms with Crippen LogP contribution in [0, 0.1) is 0 Å². The molecule has 7 aromatic carbocycles. The summed E-state index contributed by atoms with van der Waals surface area (Å²) in [4.78, 5) is 0. The summed E-state index contributed by atoms with van der Waals surface area (Å²) >= 11 is 0. The molecule has 0 saturated heterocycles. The van der Waals surface area contributed by atoms with Crippen molar-refractivity contribution in [3.8, 4) is 33.6 Å². The van der Waals surface area contributed by atoms with E-state index in [-0.39, 0.29) is 0 Å². The Hall–Kier alpha value is -7.10. The second-order valence-electron chi connectivity index (χ2n) is 14.2. The predicted octanol–water partition coefficient (Wildman–Crippen LogP) is 13.2. The molecule has 0 bridgehead atoms. The van der Waals surface area contributed by atoms with E-state index in [4.69, 9.17) is 0 Å². The fraction of sp³-hybridized carbons (Fsp3) is 0. The lowest BCUT2D eigenvalue weighted by Gasteiger charge is -2.11. The van der Waals surface area contributed by atoms with Crippen LogP contribution in [0.4, 0.5) is 0 Å². The van der Waals surface area contributed by atoms with Crippen LogP contribution in [0.5, 0.6) is 0 Å². The summed E-state index contributed by atoms with van der Waals surface area (Å²) in [5, 5.41) is 7.65. The summed E-state index contributed by atoms with van der Waals surface area (Å²) in [6, 6.07) is 68.8. The van der Waals surface area contributed by atoms with Gasteiger partial charge in [-0.3, -0.25) is 0 Å². The Balaban J connectivity index is 1.11. The zero-order valence-corrected chi connectivity index (χ0v) is 28.7. The van der Waals surface area contributed by atoms with Gasteiger partial charge in [0.05, 0.1) is 38.6 Å². The molecule has 0 aliphatic carbocycles. The summed E-state index contributed by atoms with van der Waals surface area (Å²) < 4.78 is 7.37. The summed E-state index contributed by atoms with van der Waals surface area (Å²) in [5.41, 5.74) is 15.9. The van der Waals surface area contributed by atoms with E-state index in [1.54, 1.807) is 0 Å². The number of rotatable bonds is 4. The first-order valence-corrected chi connectivity index (χ1v) is 18.3. The van der Waals surface area contributed by atoms with E-state index in [9.17, 15) is 0 Å². The van der Waals surface area contributed by atoms with Gasteiger partial charge in [0.1, 0.15) is 0 Å². The average Bonchev–Trinajstić information content (AvgIpc) is 3.95. The van der Waals surface area contributed by atoms with E-state index in [0.29, 0.717) is 0 Å². The van der Waals surface area contributed by atoms with Crippen LogP contribution in [-0.2, 0) is 0 Å². The topological polar surface area (TPSA) is 14.3 Å². The lowest BCUT2D eigenvalue weighted by Crippen LogP contribution is -1.94. The Morgan fingerprint density at radius 3 is 1.58 bits per heavy atom. The molecular weight excluding hydrogens is 643 g/mol. The standard InChI is InChI=1S/C50H31N3/c1-3-13-32(14-4-1)33-15-11-18-37(29-33)51-43-22-10-9-20-39(43)41-30-34(25-27-45(41)51)35-26-28-46-42(31-35)48-47-24-12-23-44-38-19-7-8-21-40(38)49(53(44)47)50(48)52(46)36-16-5-2-6-17-36/h1-31H. The third-order valence-corrected chi connectivity index (χ3v) is 11.4. The van der Waals surface area contributed by atoms with Gasteiger partial charge in [-0.05, 0) is 89.0 Å². The molecule has 0 spiro atoms. The highest BCUT2D eigenvalue weighted by Crippen LogP contribution is 2.45. The molecule has 53 heavy (non-hydrogen) atoms. The highest BCUT2D eigenvalue weighted by Gasteiger charge is 2.24. The second-order valence-corrected chi connectivity index (χ2v) is 14.2. The maximum atomic E-state index is 2.48. The van der Waals surface area contributed by atoms with Crippen LogP contribution in [0.3, 0.4) is 0 Å². The minimum atomic E-state index is 1.16. The largest absolute Gasteiger partial charge is 0.309 e. The smallest absolute Gasteiger partial charge is 0.0810 e. The molecule has 3 nitrogen and oxygen atoms in total. The maximum Gasteiger partial charge on any atom is 0.0810 e. The molecule has 0 atom stereocenters. The number of para-hydroxylation sites is 2. The number of benzene rings is 7. The molecule has 12 aromatic rings. The Kier molecular flexibility index (Phi) is 5.77. The second kappa shape index (κ2) is 10.7. The van der Waals surface area contributed by atoms with Crippen LogP contribution in [0.1, 0.15) is 0 Å². The third kappa shape index (κ3) is 3.94. The number of nitrogens with zero attached hydrogens (tertiary/aromatic N) is 3. The molecule has 0 aliphatic heterocycles. The number of aromatic nitrogens is 3. The zero-order valence-electron chi connectivity index (χ0n) is 28.7. The van der Waals surface area contributed by atoms with Crippen molar-refractivity contribution in [3.63, 3.8) is 0 Å². The molecule has 0 saturated carbocycles. The van der Waals surface area contributed by atoms with Gasteiger partial charge in [0.15, 0.2) is 0 Å². The fourth-order valence-electron chi connectivity index (χ4n) is 9.11. The van der Waals surface area contributed by atoms with Crippen LogP contribution in [0.2, 0.25) is 0 Å². The first-order valence-electron chi connectivity index (χ1n) is 18.3. The van der Waals surface area contributed by atoms with E-state index in [0.717, 1.165) is 5.69 Å². The number of hydrogen-bond acceptors (Lipinski definition) is 0. The minimum absolute atomic E-state index is 1.16. The van der Waals surface area contributed by atoms with Crippen LogP contribution in [0.25, 0.3) is 105 Å². The molecular formula is C50H31N3. The Labute approximate surface area is 305 Å². The summed E-state index contributed by atoms with van der Waals surface area (Å²) in [7, 11) is 0. The summed E-state index contributed by atoms with van der Waals surface area (Å²) in [6.07, 6.45) is 0. The van der Waals surface area contributed by atoms with Crippen LogP contribution < -0.4 is 0 Å². The Morgan fingerprint density at radius 1 is 0.264 bits per heavy atom. The summed E-state index contributed by atoms with van der Waals surface area (Å²) in [6.45, 7) is 0. The third-order valence-electron chi connectivity index (χ3n) is 11.4. The van der Waals surface area contributed by atoms with Crippen LogP contribution in [-0.4, -0.2) is 13.5 Å². The number of pyridine rings is 1. The normalized spacial score (nSPS) is 12.2. The van der Waals surface area contributed by atoms with E-state index in [1.165, 1.54) is 98.9 Å². The maximum absolute atomic E-state index is 2.48. The molecule has 5 aromatic heterocycles. The van der Waals surface area contributed by atoms with Gasteiger partial charge in [-0.1, -0.05) is 121 Å².